The van der Waals surface area contributed by atoms with Crippen molar-refractivity contribution < 1.29 is 4.74 Å². The van der Waals surface area contributed by atoms with E-state index >= 15 is 0 Å². The van der Waals surface area contributed by atoms with Crippen LogP contribution in [0.3, 0.4) is 0 Å². The first-order chi connectivity index (χ1) is 10.1. The molecule has 2 N–H and O–H groups in total. The topological polar surface area (TPSA) is 54.1 Å². The summed E-state index contributed by atoms with van der Waals surface area (Å²) in [6.07, 6.45) is 4.82. The summed E-state index contributed by atoms with van der Waals surface area (Å²) in [7, 11) is 0. The molecule has 0 radical (unpaired) electrons. The van der Waals surface area contributed by atoms with E-state index in [2.05, 4.69) is 35.6 Å². The Bertz CT molecular complexity index is 354. The van der Waals surface area contributed by atoms with Crippen LogP contribution in [0.4, 0.5) is 0 Å². The lowest BCUT2D eigenvalue weighted by molar-refractivity contribution is -0.0516. The monoisotopic (exact) mass is 296 g/mol. The number of aliphatic imine (C=N–C) groups is 1. The largest absolute Gasteiger partial charge is 0.378 e. The molecule has 5 nitrogen and oxygen atoms in total. The molecule has 2 heterocycles. The Kier molecular flexibility index (Phi) is 5.88. The third kappa shape index (κ3) is 3.69. The van der Waals surface area contributed by atoms with Crippen LogP contribution in [0.15, 0.2) is 4.99 Å². The number of hydrogen-bond donors (Lipinski definition) is 1. The lowest BCUT2D eigenvalue weighted by Gasteiger charge is -2.45. The van der Waals surface area contributed by atoms with Crippen molar-refractivity contribution in [3.05, 3.63) is 0 Å². The molecular weight excluding hydrogens is 264 g/mol. The van der Waals surface area contributed by atoms with E-state index in [4.69, 9.17) is 10.5 Å². The summed E-state index contributed by atoms with van der Waals surface area (Å²) in [5, 5.41) is 0. The molecule has 1 spiro atoms. The van der Waals surface area contributed by atoms with Gasteiger partial charge in [-0.1, -0.05) is 27.2 Å². The first-order valence-corrected chi connectivity index (χ1v) is 8.56. The van der Waals surface area contributed by atoms with Gasteiger partial charge in [0.1, 0.15) is 0 Å². The molecule has 1 saturated heterocycles. The van der Waals surface area contributed by atoms with E-state index in [1.54, 1.807) is 0 Å². The van der Waals surface area contributed by atoms with E-state index < -0.39 is 0 Å². The van der Waals surface area contributed by atoms with Gasteiger partial charge >= 0.3 is 0 Å². The van der Waals surface area contributed by atoms with Gasteiger partial charge in [0, 0.05) is 19.7 Å². The second-order valence-corrected chi connectivity index (χ2v) is 6.31. The van der Waals surface area contributed by atoms with Crippen LogP contribution in [0.1, 0.15) is 46.5 Å². The average Bonchev–Trinajstić information content (AvgIpc) is 2.77. The maximum atomic E-state index is 6.19. The quantitative estimate of drug-likeness (QED) is 0.776. The molecule has 2 aliphatic heterocycles. The highest BCUT2D eigenvalue weighted by molar-refractivity contribution is 5.81. The van der Waals surface area contributed by atoms with E-state index in [0.29, 0.717) is 6.10 Å². The zero-order valence-corrected chi connectivity index (χ0v) is 14.0. The fourth-order valence-corrected chi connectivity index (χ4v) is 3.67. The lowest BCUT2D eigenvalue weighted by atomic mass is 9.84. The van der Waals surface area contributed by atoms with Crippen molar-refractivity contribution in [2.45, 2.75) is 58.1 Å². The Morgan fingerprint density at radius 3 is 2.81 bits per heavy atom. The summed E-state index contributed by atoms with van der Waals surface area (Å²) < 4.78 is 5.93. The highest BCUT2D eigenvalue weighted by Crippen LogP contribution is 2.35. The average molecular weight is 296 g/mol. The molecule has 0 bridgehead atoms. The highest BCUT2D eigenvalue weighted by Gasteiger charge is 2.45. The molecule has 2 unspecified atom stereocenters. The number of guanidine groups is 1. The molecule has 2 aliphatic rings. The molecule has 0 aromatic heterocycles. The van der Waals surface area contributed by atoms with Crippen molar-refractivity contribution in [3.8, 4) is 0 Å². The second kappa shape index (κ2) is 7.45. The molecule has 0 aliphatic carbocycles. The summed E-state index contributed by atoms with van der Waals surface area (Å²) in [5.41, 5.74) is 6.31. The third-order valence-electron chi connectivity index (χ3n) is 5.06. The first kappa shape index (κ1) is 16.6. The first-order valence-electron chi connectivity index (χ1n) is 8.56. The molecule has 2 rings (SSSR count). The molecule has 21 heavy (non-hydrogen) atoms. The number of nitrogens with zero attached hydrogens (tertiary/aromatic N) is 3. The van der Waals surface area contributed by atoms with Gasteiger partial charge in [0.15, 0.2) is 5.96 Å². The van der Waals surface area contributed by atoms with Gasteiger partial charge in [-0.2, -0.15) is 0 Å². The van der Waals surface area contributed by atoms with Gasteiger partial charge in [-0.05, 0) is 32.4 Å². The Labute approximate surface area is 129 Å². The van der Waals surface area contributed by atoms with Gasteiger partial charge in [-0.3, -0.25) is 4.99 Å². The number of ether oxygens (including phenoxy) is 1. The van der Waals surface area contributed by atoms with Crippen LogP contribution in [0.25, 0.3) is 0 Å². The third-order valence-corrected chi connectivity index (χ3v) is 5.06. The summed E-state index contributed by atoms with van der Waals surface area (Å²) in [6, 6.07) is 0. The summed E-state index contributed by atoms with van der Waals surface area (Å²) in [5.74, 6) is 0.735. The van der Waals surface area contributed by atoms with E-state index in [-0.39, 0.29) is 5.54 Å². The van der Waals surface area contributed by atoms with Crippen molar-refractivity contribution in [1.29, 1.82) is 0 Å². The molecule has 0 amide bonds. The minimum Gasteiger partial charge on any atom is -0.378 e. The Morgan fingerprint density at radius 2 is 2.14 bits per heavy atom. The van der Waals surface area contributed by atoms with Gasteiger partial charge in [-0.25, -0.2) is 0 Å². The molecule has 1 fully saturated rings. The molecule has 122 valence electrons. The van der Waals surface area contributed by atoms with Gasteiger partial charge in [0.25, 0.3) is 0 Å². The summed E-state index contributed by atoms with van der Waals surface area (Å²) in [6.45, 7) is 12.6. The van der Waals surface area contributed by atoms with E-state index in [0.717, 1.165) is 64.6 Å². The standard InChI is InChI=1S/C16H32N4O/c1-4-7-14-12-16(8-11-21-14)13-18-15(17)20(16)10-9-19(5-2)6-3/h14H,4-13H2,1-3H3,(H2,17,18). The maximum Gasteiger partial charge on any atom is 0.191 e. The van der Waals surface area contributed by atoms with Crippen molar-refractivity contribution >= 4 is 5.96 Å². The SMILES string of the molecule is CCCC1CC2(CCO1)CN=C(N)N2CCN(CC)CC. The Morgan fingerprint density at radius 1 is 1.38 bits per heavy atom. The molecule has 0 aromatic rings. The summed E-state index contributed by atoms with van der Waals surface area (Å²) >= 11 is 0. The van der Waals surface area contributed by atoms with Crippen molar-refractivity contribution in [2.24, 2.45) is 10.7 Å². The van der Waals surface area contributed by atoms with E-state index in [9.17, 15) is 0 Å². The van der Waals surface area contributed by atoms with Crippen LogP contribution >= 0.6 is 0 Å². The zero-order chi connectivity index (χ0) is 15.3. The van der Waals surface area contributed by atoms with Crippen LogP contribution in [0.2, 0.25) is 0 Å². The molecule has 5 heteroatoms. The van der Waals surface area contributed by atoms with Gasteiger partial charge in [0.05, 0.1) is 18.2 Å². The second-order valence-electron chi connectivity index (χ2n) is 6.31. The van der Waals surface area contributed by atoms with Crippen LogP contribution in [0, 0.1) is 0 Å². The minimum atomic E-state index is 0.120. The van der Waals surface area contributed by atoms with Gasteiger partial charge in [0.2, 0.25) is 0 Å². The van der Waals surface area contributed by atoms with Gasteiger partial charge < -0.3 is 20.3 Å². The highest BCUT2D eigenvalue weighted by atomic mass is 16.5. The Balaban J connectivity index is 2.00. The number of nitrogens with two attached hydrogens (primary N) is 1. The van der Waals surface area contributed by atoms with Crippen LogP contribution in [-0.2, 0) is 4.74 Å². The zero-order valence-electron chi connectivity index (χ0n) is 14.0. The lowest BCUT2D eigenvalue weighted by Crippen LogP contribution is -2.57. The van der Waals surface area contributed by atoms with E-state index in [1.807, 2.05) is 0 Å². The smallest absolute Gasteiger partial charge is 0.191 e. The summed E-state index contributed by atoms with van der Waals surface area (Å²) in [4.78, 5) is 9.38. The molecule has 0 aromatic carbocycles. The number of rotatable bonds is 7. The normalized spacial score (nSPS) is 29.4. The number of likely N-dealkylation sites (N-methyl/N-ethyl adjacent to an activating group) is 1. The van der Waals surface area contributed by atoms with Gasteiger partial charge in [-0.15, -0.1) is 0 Å². The fraction of sp³-hybridized carbons (Fsp3) is 0.938. The van der Waals surface area contributed by atoms with Crippen LogP contribution in [0.5, 0.6) is 0 Å². The predicted octanol–water partition coefficient (Wildman–Crippen LogP) is 1.68. The van der Waals surface area contributed by atoms with Crippen LogP contribution in [-0.4, -0.2) is 66.7 Å². The predicted molar refractivity (Wildman–Crippen MR) is 87.6 cm³/mol. The maximum absolute atomic E-state index is 6.19. The molecule has 0 saturated carbocycles. The molecule has 2 atom stereocenters. The minimum absolute atomic E-state index is 0.120. The Hall–Kier alpha value is -0.810. The van der Waals surface area contributed by atoms with Crippen LogP contribution < -0.4 is 5.73 Å². The number of hydrogen-bond acceptors (Lipinski definition) is 5. The fourth-order valence-electron chi connectivity index (χ4n) is 3.67. The van der Waals surface area contributed by atoms with Crippen molar-refractivity contribution in [2.75, 3.05) is 39.3 Å². The molecular formula is C16H32N4O. The van der Waals surface area contributed by atoms with E-state index in [1.165, 1.54) is 6.42 Å². The van der Waals surface area contributed by atoms with Crippen molar-refractivity contribution in [3.63, 3.8) is 0 Å². The van der Waals surface area contributed by atoms with Crippen molar-refractivity contribution in [1.82, 2.24) is 9.80 Å².